The highest BCUT2D eigenvalue weighted by Crippen LogP contribution is 2.25. The lowest BCUT2D eigenvalue weighted by molar-refractivity contribution is -0.127. The molecule has 3 atom stereocenters. The molecule has 0 radical (unpaired) electrons. The number of anilines is 1. The van der Waals surface area contributed by atoms with E-state index in [9.17, 15) is 4.79 Å². The van der Waals surface area contributed by atoms with Crippen LogP contribution in [-0.4, -0.2) is 25.1 Å². The molecule has 0 aliphatic carbocycles. The molecular formula is C24H32N2O2. The molecule has 150 valence electrons. The van der Waals surface area contributed by atoms with Crippen LogP contribution in [0, 0.1) is 12.8 Å². The topological polar surface area (TPSA) is 41.6 Å². The van der Waals surface area contributed by atoms with Crippen molar-refractivity contribution in [2.45, 2.75) is 52.7 Å². The first-order chi connectivity index (χ1) is 13.4. The average molecular weight is 381 g/mol. The van der Waals surface area contributed by atoms with Gasteiger partial charge in [-0.15, -0.1) is 0 Å². The van der Waals surface area contributed by atoms with Crippen LogP contribution in [0.5, 0.6) is 5.75 Å². The van der Waals surface area contributed by atoms with Crippen molar-refractivity contribution in [1.82, 2.24) is 5.32 Å². The van der Waals surface area contributed by atoms with Crippen LogP contribution in [-0.2, 0) is 4.79 Å². The summed E-state index contributed by atoms with van der Waals surface area (Å²) in [5.74, 6) is 1.39. The highest BCUT2D eigenvalue weighted by molar-refractivity contribution is 5.81. The number of para-hydroxylation sites is 1. The Labute approximate surface area is 168 Å². The van der Waals surface area contributed by atoms with Crippen LogP contribution >= 0.6 is 0 Å². The van der Waals surface area contributed by atoms with E-state index in [0.717, 1.165) is 35.9 Å². The largest absolute Gasteiger partial charge is 0.481 e. The summed E-state index contributed by atoms with van der Waals surface area (Å²) in [4.78, 5) is 15.0. The van der Waals surface area contributed by atoms with Gasteiger partial charge >= 0.3 is 0 Å². The van der Waals surface area contributed by atoms with Gasteiger partial charge in [0.2, 0.25) is 0 Å². The van der Waals surface area contributed by atoms with E-state index < -0.39 is 6.10 Å². The van der Waals surface area contributed by atoms with Gasteiger partial charge in [-0.1, -0.05) is 37.3 Å². The summed E-state index contributed by atoms with van der Waals surface area (Å²) in [5.41, 5.74) is 3.40. The van der Waals surface area contributed by atoms with Crippen LogP contribution in [0.1, 0.15) is 50.8 Å². The Morgan fingerprint density at radius 2 is 1.86 bits per heavy atom. The van der Waals surface area contributed by atoms with Gasteiger partial charge in [0.15, 0.2) is 6.10 Å². The molecule has 1 heterocycles. The highest BCUT2D eigenvalue weighted by Gasteiger charge is 2.19. The number of piperidine rings is 1. The Balaban J connectivity index is 1.57. The number of nitrogens with one attached hydrogen (secondary N) is 1. The summed E-state index contributed by atoms with van der Waals surface area (Å²) >= 11 is 0. The third kappa shape index (κ3) is 5.06. The molecule has 1 fully saturated rings. The van der Waals surface area contributed by atoms with Crippen molar-refractivity contribution in [2.75, 3.05) is 18.0 Å². The van der Waals surface area contributed by atoms with Crippen LogP contribution < -0.4 is 15.0 Å². The third-order valence-electron chi connectivity index (χ3n) is 5.54. The summed E-state index contributed by atoms with van der Waals surface area (Å²) in [6.45, 7) is 10.3. The first kappa shape index (κ1) is 20.2. The maximum absolute atomic E-state index is 12.5. The molecule has 3 unspecified atom stereocenters. The molecular weight excluding hydrogens is 348 g/mol. The highest BCUT2D eigenvalue weighted by atomic mass is 16.5. The van der Waals surface area contributed by atoms with Crippen molar-refractivity contribution in [3.8, 4) is 5.75 Å². The molecule has 2 aromatic carbocycles. The molecule has 1 amide bonds. The van der Waals surface area contributed by atoms with Crippen LogP contribution in [0.15, 0.2) is 48.5 Å². The van der Waals surface area contributed by atoms with Crippen molar-refractivity contribution in [3.05, 3.63) is 59.7 Å². The van der Waals surface area contributed by atoms with E-state index in [-0.39, 0.29) is 11.9 Å². The number of carbonyl (C=O) groups excluding carboxylic acids is 1. The molecule has 0 spiro atoms. The average Bonchev–Trinajstić information content (AvgIpc) is 2.69. The summed E-state index contributed by atoms with van der Waals surface area (Å²) in [7, 11) is 0. The van der Waals surface area contributed by atoms with Crippen LogP contribution in [0.2, 0.25) is 0 Å². The molecule has 1 saturated heterocycles. The van der Waals surface area contributed by atoms with Crippen molar-refractivity contribution in [3.63, 3.8) is 0 Å². The number of aryl methyl sites for hydroxylation is 1. The van der Waals surface area contributed by atoms with E-state index in [1.165, 1.54) is 18.5 Å². The van der Waals surface area contributed by atoms with Gasteiger partial charge in [0.25, 0.3) is 5.91 Å². The molecule has 28 heavy (non-hydrogen) atoms. The van der Waals surface area contributed by atoms with Gasteiger partial charge in [-0.2, -0.15) is 0 Å². The zero-order chi connectivity index (χ0) is 20.1. The van der Waals surface area contributed by atoms with Crippen molar-refractivity contribution >= 4 is 11.6 Å². The lowest BCUT2D eigenvalue weighted by atomic mass is 9.99. The minimum atomic E-state index is -0.544. The van der Waals surface area contributed by atoms with E-state index in [1.54, 1.807) is 6.92 Å². The standard InChI is InChI=1S/C24H32N2O2/c1-17-8-7-15-26(16-17)22-13-11-21(12-14-22)19(3)25-24(27)20(4)28-23-10-6-5-9-18(23)2/h5-6,9-14,17,19-20H,7-8,15-16H2,1-4H3,(H,25,27). The maximum Gasteiger partial charge on any atom is 0.261 e. The van der Waals surface area contributed by atoms with Gasteiger partial charge in [0.1, 0.15) is 5.75 Å². The molecule has 0 saturated carbocycles. The Bertz CT molecular complexity index is 787. The molecule has 1 N–H and O–H groups in total. The van der Waals surface area contributed by atoms with Gasteiger partial charge in [-0.05, 0) is 68.9 Å². The molecule has 1 aliphatic heterocycles. The van der Waals surface area contributed by atoms with Gasteiger partial charge in [0.05, 0.1) is 6.04 Å². The SMILES string of the molecule is Cc1ccccc1OC(C)C(=O)NC(C)c1ccc(N2CCCC(C)C2)cc1. The predicted molar refractivity (Wildman–Crippen MR) is 115 cm³/mol. The normalized spacial score (nSPS) is 19.0. The second-order valence-electron chi connectivity index (χ2n) is 8.04. The zero-order valence-corrected chi connectivity index (χ0v) is 17.4. The molecule has 2 aromatic rings. The fraction of sp³-hybridized carbons (Fsp3) is 0.458. The number of rotatable bonds is 6. The summed E-state index contributed by atoms with van der Waals surface area (Å²) in [6, 6.07) is 16.3. The number of amides is 1. The van der Waals surface area contributed by atoms with Gasteiger partial charge in [-0.25, -0.2) is 0 Å². The first-order valence-corrected chi connectivity index (χ1v) is 10.3. The lowest BCUT2D eigenvalue weighted by Gasteiger charge is -2.33. The van der Waals surface area contributed by atoms with E-state index in [4.69, 9.17) is 4.74 Å². The van der Waals surface area contributed by atoms with Gasteiger partial charge < -0.3 is 15.0 Å². The molecule has 3 rings (SSSR count). The van der Waals surface area contributed by atoms with Crippen LogP contribution in [0.25, 0.3) is 0 Å². The smallest absolute Gasteiger partial charge is 0.261 e. The second kappa shape index (κ2) is 9.13. The van der Waals surface area contributed by atoms with Crippen LogP contribution in [0.4, 0.5) is 5.69 Å². The zero-order valence-electron chi connectivity index (χ0n) is 17.4. The van der Waals surface area contributed by atoms with Crippen molar-refractivity contribution in [1.29, 1.82) is 0 Å². The van der Waals surface area contributed by atoms with E-state index in [0.29, 0.717) is 0 Å². The minimum Gasteiger partial charge on any atom is -0.481 e. The van der Waals surface area contributed by atoms with Crippen LogP contribution in [0.3, 0.4) is 0 Å². The molecule has 0 bridgehead atoms. The predicted octanol–water partition coefficient (Wildman–Crippen LogP) is 4.88. The third-order valence-corrected chi connectivity index (χ3v) is 5.54. The molecule has 4 heteroatoms. The first-order valence-electron chi connectivity index (χ1n) is 10.3. The van der Waals surface area contributed by atoms with E-state index in [1.807, 2.05) is 38.1 Å². The van der Waals surface area contributed by atoms with Gasteiger partial charge in [0, 0.05) is 18.8 Å². The van der Waals surface area contributed by atoms with E-state index >= 15 is 0 Å². The summed E-state index contributed by atoms with van der Waals surface area (Å²) < 4.78 is 5.83. The number of ether oxygens (including phenoxy) is 1. The number of hydrogen-bond donors (Lipinski definition) is 1. The number of benzene rings is 2. The minimum absolute atomic E-state index is 0.0650. The van der Waals surface area contributed by atoms with Crippen molar-refractivity contribution in [2.24, 2.45) is 5.92 Å². The van der Waals surface area contributed by atoms with Crippen molar-refractivity contribution < 1.29 is 9.53 Å². The van der Waals surface area contributed by atoms with Gasteiger partial charge in [-0.3, -0.25) is 4.79 Å². The Hall–Kier alpha value is -2.49. The second-order valence-corrected chi connectivity index (χ2v) is 8.04. The lowest BCUT2D eigenvalue weighted by Crippen LogP contribution is -2.38. The summed E-state index contributed by atoms with van der Waals surface area (Å²) in [6.07, 6.45) is 2.03. The molecule has 0 aromatic heterocycles. The number of hydrogen-bond acceptors (Lipinski definition) is 3. The maximum atomic E-state index is 12.5. The number of nitrogens with zero attached hydrogens (tertiary/aromatic N) is 1. The van der Waals surface area contributed by atoms with E-state index in [2.05, 4.69) is 41.4 Å². The Morgan fingerprint density at radius 3 is 2.54 bits per heavy atom. The molecule has 4 nitrogen and oxygen atoms in total. The fourth-order valence-electron chi connectivity index (χ4n) is 3.74. The fourth-order valence-corrected chi connectivity index (χ4v) is 3.74. The Morgan fingerprint density at radius 1 is 1.14 bits per heavy atom. The monoisotopic (exact) mass is 380 g/mol. The summed E-state index contributed by atoms with van der Waals surface area (Å²) in [5, 5.41) is 3.06. The quantitative estimate of drug-likeness (QED) is 0.777. The Kier molecular flexibility index (Phi) is 6.61. The molecule has 1 aliphatic rings. The number of carbonyl (C=O) groups is 1.